The number of hydrogen-bond donors (Lipinski definition) is 2. The van der Waals surface area contributed by atoms with E-state index < -0.39 is 0 Å². The van der Waals surface area contributed by atoms with Gasteiger partial charge in [0.25, 0.3) is 0 Å². The van der Waals surface area contributed by atoms with Crippen LogP contribution in [0.2, 0.25) is 5.02 Å². The summed E-state index contributed by atoms with van der Waals surface area (Å²) in [6.07, 6.45) is 4.76. The summed E-state index contributed by atoms with van der Waals surface area (Å²) in [7, 11) is 0. The van der Waals surface area contributed by atoms with E-state index >= 15 is 0 Å². The Kier molecular flexibility index (Phi) is 6.13. The summed E-state index contributed by atoms with van der Waals surface area (Å²) in [5.41, 5.74) is 9.95. The predicted octanol–water partition coefficient (Wildman–Crippen LogP) is 4.41. The SMILES string of the molecule is Cl.NCCOc1ccc2c(c1)C(C1(c3ccc(Cl)cc3)CCC1)NCC2. The number of halogens is 2. The van der Waals surface area contributed by atoms with E-state index in [1.165, 1.54) is 36.0 Å². The lowest BCUT2D eigenvalue weighted by Gasteiger charge is -2.50. The summed E-state index contributed by atoms with van der Waals surface area (Å²) in [5.74, 6) is 0.920. The lowest BCUT2D eigenvalue weighted by molar-refractivity contribution is 0.164. The Labute approximate surface area is 166 Å². The average Bonchev–Trinajstić information content (AvgIpc) is 2.61. The van der Waals surface area contributed by atoms with Crippen LogP contribution in [0.4, 0.5) is 0 Å². The van der Waals surface area contributed by atoms with Crippen LogP contribution in [0.25, 0.3) is 0 Å². The quantitative estimate of drug-likeness (QED) is 0.791. The maximum Gasteiger partial charge on any atom is 0.119 e. The Morgan fingerprint density at radius 2 is 1.92 bits per heavy atom. The molecule has 0 radical (unpaired) electrons. The first-order valence-corrected chi connectivity index (χ1v) is 9.56. The molecule has 2 aromatic carbocycles. The summed E-state index contributed by atoms with van der Waals surface area (Å²) in [6, 6.07) is 15.3. The zero-order valence-electron chi connectivity index (χ0n) is 14.8. The molecule has 3 N–H and O–H groups in total. The molecule has 4 rings (SSSR count). The normalized spacial score (nSPS) is 20.5. The molecule has 2 aliphatic rings. The van der Waals surface area contributed by atoms with Gasteiger partial charge in [0, 0.05) is 23.0 Å². The van der Waals surface area contributed by atoms with Crippen molar-refractivity contribution in [2.75, 3.05) is 19.7 Å². The van der Waals surface area contributed by atoms with Gasteiger partial charge in [0.2, 0.25) is 0 Å². The lowest BCUT2D eigenvalue weighted by Crippen LogP contribution is -2.49. The van der Waals surface area contributed by atoms with Crippen molar-refractivity contribution in [3.05, 3.63) is 64.2 Å². The number of fused-ring (bicyclic) bond motifs is 1. The molecular formula is C21H26Cl2N2O. The molecule has 0 bridgehead atoms. The Balaban J connectivity index is 0.00000196. The highest BCUT2D eigenvalue weighted by Gasteiger charge is 2.47. The lowest BCUT2D eigenvalue weighted by atomic mass is 9.58. The van der Waals surface area contributed by atoms with Crippen LogP contribution in [0.5, 0.6) is 5.75 Å². The molecule has 1 aliphatic heterocycles. The summed E-state index contributed by atoms with van der Waals surface area (Å²) in [4.78, 5) is 0. The van der Waals surface area contributed by atoms with E-state index in [9.17, 15) is 0 Å². The van der Waals surface area contributed by atoms with Crippen LogP contribution in [0.1, 0.15) is 42.0 Å². The summed E-state index contributed by atoms with van der Waals surface area (Å²) < 4.78 is 5.79. The first kappa shape index (κ1) is 19.5. The standard InChI is InChI=1S/C21H25ClN2O.ClH/c22-17-5-3-16(4-6-17)21(9-1-10-21)20-19-14-18(25-13-11-23)7-2-15(19)8-12-24-20;/h2-7,14,20,24H,1,8-13,23H2;1H. The summed E-state index contributed by atoms with van der Waals surface area (Å²) >= 11 is 6.12. The summed E-state index contributed by atoms with van der Waals surface area (Å²) in [5, 5.41) is 4.60. The van der Waals surface area contributed by atoms with Crippen molar-refractivity contribution in [3.63, 3.8) is 0 Å². The van der Waals surface area contributed by atoms with Crippen LogP contribution in [0.3, 0.4) is 0 Å². The average molecular weight is 393 g/mol. The second-order valence-electron chi connectivity index (χ2n) is 7.15. The zero-order valence-corrected chi connectivity index (χ0v) is 16.4. The Bertz CT molecular complexity index is 744. The van der Waals surface area contributed by atoms with Gasteiger partial charge < -0.3 is 15.8 Å². The monoisotopic (exact) mass is 392 g/mol. The number of nitrogens with one attached hydrogen (secondary N) is 1. The molecular weight excluding hydrogens is 367 g/mol. The van der Waals surface area contributed by atoms with Crippen LogP contribution in [0.15, 0.2) is 42.5 Å². The van der Waals surface area contributed by atoms with Gasteiger partial charge in [0.1, 0.15) is 12.4 Å². The highest BCUT2D eigenvalue weighted by molar-refractivity contribution is 6.30. The van der Waals surface area contributed by atoms with Gasteiger partial charge >= 0.3 is 0 Å². The van der Waals surface area contributed by atoms with Crippen LogP contribution in [-0.2, 0) is 11.8 Å². The predicted molar refractivity (Wildman–Crippen MR) is 110 cm³/mol. The molecule has 1 fully saturated rings. The van der Waals surface area contributed by atoms with E-state index in [0.717, 1.165) is 23.7 Å². The maximum absolute atomic E-state index is 6.12. The molecule has 1 atom stereocenters. The van der Waals surface area contributed by atoms with Crippen molar-refractivity contribution in [1.29, 1.82) is 0 Å². The van der Waals surface area contributed by atoms with Crippen molar-refractivity contribution in [1.82, 2.24) is 5.32 Å². The second kappa shape index (κ2) is 8.18. The molecule has 0 amide bonds. The van der Waals surface area contributed by atoms with E-state index in [-0.39, 0.29) is 17.8 Å². The van der Waals surface area contributed by atoms with Crippen LogP contribution >= 0.6 is 24.0 Å². The van der Waals surface area contributed by atoms with E-state index in [1.54, 1.807) is 0 Å². The molecule has 2 aromatic rings. The number of ether oxygens (including phenoxy) is 1. The van der Waals surface area contributed by atoms with Crippen molar-refractivity contribution < 1.29 is 4.74 Å². The molecule has 0 saturated heterocycles. The maximum atomic E-state index is 6.12. The minimum absolute atomic E-state index is 0. The van der Waals surface area contributed by atoms with Gasteiger partial charge in [-0.15, -0.1) is 12.4 Å². The fourth-order valence-electron chi connectivity index (χ4n) is 4.37. The molecule has 1 saturated carbocycles. The Morgan fingerprint density at radius 1 is 1.15 bits per heavy atom. The van der Waals surface area contributed by atoms with Gasteiger partial charge in [-0.1, -0.05) is 36.2 Å². The second-order valence-corrected chi connectivity index (χ2v) is 7.59. The molecule has 3 nitrogen and oxygen atoms in total. The van der Waals surface area contributed by atoms with Crippen molar-refractivity contribution >= 4 is 24.0 Å². The fraction of sp³-hybridized carbons (Fsp3) is 0.429. The van der Waals surface area contributed by atoms with Gasteiger partial charge in [-0.3, -0.25) is 0 Å². The Hall–Kier alpha value is -1.26. The van der Waals surface area contributed by atoms with Crippen molar-refractivity contribution in [2.45, 2.75) is 37.1 Å². The third kappa shape index (κ3) is 3.46. The highest BCUT2D eigenvalue weighted by Crippen LogP contribution is 2.53. The van der Waals surface area contributed by atoms with Crippen LogP contribution in [-0.4, -0.2) is 19.7 Å². The molecule has 1 aliphatic carbocycles. The third-order valence-electron chi connectivity index (χ3n) is 5.78. The highest BCUT2D eigenvalue weighted by atomic mass is 35.5. The molecule has 140 valence electrons. The van der Waals surface area contributed by atoms with Gasteiger partial charge in [-0.05, 0) is 66.8 Å². The van der Waals surface area contributed by atoms with Gasteiger partial charge in [-0.2, -0.15) is 0 Å². The molecule has 5 heteroatoms. The minimum Gasteiger partial charge on any atom is -0.492 e. The van der Waals surface area contributed by atoms with Crippen molar-refractivity contribution in [3.8, 4) is 5.75 Å². The molecule has 0 aromatic heterocycles. The third-order valence-corrected chi connectivity index (χ3v) is 6.03. The van der Waals surface area contributed by atoms with E-state index in [2.05, 4.69) is 35.6 Å². The topological polar surface area (TPSA) is 47.3 Å². The number of hydrogen-bond acceptors (Lipinski definition) is 3. The van der Waals surface area contributed by atoms with E-state index in [0.29, 0.717) is 19.2 Å². The minimum atomic E-state index is 0. The first-order valence-electron chi connectivity index (χ1n) is 9.18. The van der Waals surface area contributed by atoms with Gasteiger partial charge in [-0.25, -0.2) is 0 Å². The number of nitrogens with two attached hydrogens (primary N) is 1. The number of benzene rings is 2. The van der Waals surface area contributed by atoms with Gasteiger partial charge in [0.15, 0.2) is 0 Å². The first-order chi connectivity index (χ1) is 12.2. The smallest absolute Gasteiger partial charge is 0.119 e. The van der Waals surface area contributed by atoms with Gasteiger partial charge in [0.05, 0.1) is 0 Å². The molecule has 1 unspecified atom stereocenters. The molecule has 26 heavy (non-hydrogen) atoms. The fourth-order valence-corrected chi connectivity index (χ4v) is 4.50. The van der Waals surface area contributed by atoms with E-state index in [1.807, 2.05) is 12.1 Å². The summed E-state index contributed by atoms with van der Waals surface area (Å²) in [6.45, 7) is 2.11. The van der Waals surface area contributed by atoms with Crippen LogP contribution < -0.4 is 15.8 Å². The van der Waals surface area contributed by atoms with Crippen LogP contribution in [0, 0.1) is 0 Å². The largest absolute Gasteiger partial charge is 0.492 e. The Morgan fingerprint density at radius 3 is 2.58 bits per heavy atom. The number of rotatable bonds is 5. The zero-order chi connectivity index (χ0) is 17.3. The van der Waals surface area contributed by atoms with Crippen molar-refractivity contribution in [2.24, 2.45) is 5.73 Å². The molecule has 1 heterocycles. The van der Waals surface area contributed by atoms with E-state index in [4.69, 9.17) is 22.1 Å². The molecule has 0 spiro atoms.